The topological polar surface area (TPSA) is 139 Å². The molecule has 1 saturated heterocycles. The number of non-ortho nitro benzene ring substituents is 1. The monoisotopic (exact) mass is 352 g/mol. The molecule has 0 bridgehead atoms. The van der Waals surface area contributed by atoms with Crippen molar-refractivity contribution in [1.82, 2.24) is 10.2 Å². The van der Waals surface area contributed by atoms with Crippen LogP contribution in [-0.4, -0.2) is 51.6 Å². The molecule has 4 amide bonds. The van der Waals surface area contributed by atoms with Crippen LogP contribution in [-0.2, 0) is 14.4 Å². The van der Waals surface area contributed by atoms with Gasteiger partial charge in [-0.1, -0.05) is 11.8 Å². The molecule has 1 aromatic rings. The quantitative estimate of drug-likeness (QED) is 0.443. The summed E-state index contributed by atoms with van der Waals surface area (Å²) in [6.07, 6.45) is 0. The number of thioether (sulfide) groups is 1. The number of nitro groups is 1. The number of imide groups is 1. The molecule has 1 aliphatic heterocycles. The minimum atomic E-state index is -0.961. The smallest absolute Gasteiger partial charge is 0.313 e. The Morgan fingerprint density at radius 3 is 2.42 bits per heavy atom. The number of nitro benzene ring substituents is 1. The molecule has 0 atom stereocenters. The van der Waals surface area contributed by atoms with Crippen LogP contribution in [0, 0.1) is 10.1 Å². The van der Waals surface area contributed by atoms with Crippen molar-refractivity contribution in [2.45, 2.75) is 0 Å². The van der Waals surface area contributed by atoms with Crippen LogP contribution >= 0.6 is 11.8 Å². The van der Waals surface area contributed by atoms with Gasteiger partial charge >= 0.3 is 11.8 Å². The van der Waals surface area contributed by atoms with Gasteiger partial charge in [-0.15, -0.1) is 0 Å². The number of rotatable bonds is 5. The molecular weight excluding hydrogens is 340 g/mol. The van der Waals surface area contributed by atoms with Crippen molar-refractivity contribution in [3.63, 3.8) is 0 Å². The molecule has 0 saturated carbocycles. The van der Waals surface area contributed by atoms with Gasteiger partial charge in [0.25, 0.3) is 10.9 Å². The largest absolute Gasteiger partial charge is 0.346 e. The lowest BCUT2D eigenvalue weighted by atomic mass is 10.3. The molecule has 2 rings (SSSR count). The third-order valence-corrected chi connectivity index (χ3v) is 3.86. The second kappa shape index (κ2) is 7.55. The van der Waals surface area contributed by atoms with E-state index in [0.717, 1.165) is 16.7 Å². The lowest BCUT2D eigenvalue weighted by Gasteiger charge is -2.13. The Bertz CT molecular complexity index is 689. The van der Waals surface area contributed by atoms with Crippen LogP contribution in [0.15, 0.2) is 24.3 Å². The fraction of sp³-hybridized carbons (Fsp3) is 0.231. The number of nitrogens with zero attached hydrogens (tertiary/aromatic N) is 2. The number of carbonyl (C=O) groups is 4. The Morgan fingerprint density at radius 1 is 1.21 bits per heavy atom. The molecular formula is C13H12N4O6S. The van der Waals surface area contributed by atoms with E-state index >= 15 is 0 Å². The molecule has 2 N–H and O–H groups in total. The SMILES string of the molecule is O=C(NCCN1C(=O)CSC1=O)C(=O)Nc1ccc([N+](=O)[O-])cc1. The normalized spacial score (nSPS) is 13.8. The average molecular weight is 352 g/mol. The maximum atomic E-state index is 11.7. The number of carbonyl (C=O) groups excluding carboxylic acids is 4. The number of anilines is 1. The van der Waals surface area contributed by atoms with Gasteiger partial charge in [0.05, 0.1) is 10.7 Å². The van der Waals surface area contributed by atoms with Gasteiger partial charge in [0.15, 0.2) is 0 Å². The highest BCUT2D eigenvalue weighted by Crippen LogP contribution is 2.17. The van der Waals surface area contributed by atoms with E-state index in [2.05, 4.69) is 10.6 Å². The first kappa shape index (κ1) is 17.4. The van der Waals surface area contributed by atoms with Crippen molar-refractivity contribution in [2.24, 2.45) is 0 Å². The predicted molar refractivity (Wildman–Crippen MR) is 84.3 cm³/mol. The van der Waals surface area contributed by atoms with E-state index < -0.39 is 16.7 Å². The molecule has 0 aromatic heterocycles. The first-order chi connectivity index (χ1) is 11.4. The third kappa shape index (κ3) is 4.29. The highest BCUT2D eigenvalue weighted by molar-refractivity contribution is 8.14. The van der Waals surface area contributed by atoms with Crippen LogP contribution in [0.2, 0.25) is 0 Å². The van der Waals surface area contributed by atoms with Crippen molar-refractivity contribution in [3.05, 3.63) is 34.4 Å². The summed E-state index contributed by atoms with van der Waals surface area (Å²) in [4.78, 5) is 56.9. The molecule has 10 nitrogen and oxygen atoms in total. The van der Waals surface area contributed by atoms with Gasteiger partial charge in [0.1, 0.15) is 0 Å². The Balaban J connectivity index is 1.79. The molecule has 0 radical (unpaired) electrons. The molecule has 1 heterocycles. The molecule has 0 unspecified atom stereocenters. The van der Waals surface area contributed by atoms with Crippen LogP contribution in [0.3, 0.4) is 0 Å². The van der Waals surface area contributed by atoms with Gasteiger partial charge in [-0.05, 0) is 12.1 Å². The lowest BCUT2D eigenvalue weighted by Crippen LogP contribution is -2.41. The van der Waals surface area contributed by atoms with Crippen LogP contribution < -0.4 is 10.6 Å². The van der Waals surface area contributed by atoms with Crippen LogP contribution in [0.5, 0.6) is 0 Å². The van der Waals surface area contributed by atoms with Crippen molar-refractivity contribution < 1.29 is 24.1 Å². The molecule has 1 aliphatic rings. The maximum Gasteiger partial charge on any atom is 0.313 e. The van der Waals surface area contributed by atoms with Crippen molar-refractivity contribution in [1.29, 1.82) is 0 Å². The number of benzene rings is 1. The Kier molecular flexibility index (Phi) is 5.47. The minimum Gasteiger partial charge on any atom is -0.346 e. The van der Waals surface area contributed by atoms with E-state index in [9.17, 15) is 29.3 Å². The van der Waals surface area contributed by atoms with Crippen LogP contribution in [0.4, 0.5) is 16.2 Å². The summed E-state index contributed by atoms with van der Waals surface area (Å²) in [5.41, 5.74) is 0.0808. The van der Waals surface area contributed by atoms with Crippen LogP contribution in [0.25, 0.3) is 0 Å². The first-order valence-corrected chi connectivity index (χ1v) is 7.68. The van der Waals surface area contributed by atoms with Gasteiger partial charge in [-0.2, -0.15) is 0 Å². The number of nitrogens with one attached hydrogen (secondary N) is 2. The summed E-state index contributed by atoms with van der Waals surface area (Å²) in [5.74, 6) is -2.17. The van der Waals surface area contributed by atoms with Crippen molar-refractivity contribution in [3.8, 4) is 0 Å². The van der Waals surface area contributed by atoms with E-state index in [-0.39, 0.29) is 41.4 Å². The number of hydrogen-bond donors (Lipinski definition) is 2. The van der Waals surface area contributed by atoms with E-state index in [1.165, 1.54) is 24.3 Å². The van der Waals surface area contributed by atoms with Gasteiger partial charge < -0.3 is 10.6 Å². The average Bonchev–Trinajstić information content (AvgIpc) is 2.87. The van der Waals surface area contributed by atoms with Crippen molar-refractivity contribution >= 4 is 46.1 Å². The van der Waals surface area contributed by atoms with Gasteiger partial charge in [0.2, 0.25) is 5.91 Å². The van der Waals surface area contributed by atoms with E-state index in [1.54, 1.807) is 0 Å². The van der Waals surface area contributed by atoms with E-state index in [4.69, 9.17) is 0 Å². The zero-order valence-corrected chi connectivity index (χ0v) is 13.0. The highest BCUT2D eigenvalue weighted by Gasteiger charge is 2.29. The first-order valence-electron chi connectivity index (χ1n) is 6.69. The van der Waals surface area contributed by atoms with Crippen LogP contribution in [0.1, 0.15) is 0 Å². The molecule has 1 aromatic carbocycles. The second-order valence-corrected chi connectivity index (χ2v) is 5.54. The highest BCUT2D eigenvalue weighted by atomic mass is 32.2. The summed E-state index contributed by atoms with van der Waals surface area (Å²) in [7, 11) is 0. The maximum absolute atomic E-state index is 11.7. The Morgan fingerprint density at radius 2 is 1.88 bits per heavy atom. The van der Waals surface area contributed by atoms with Crippen molar-refractivity contribution in [2.75, 3.05) is 24.2 Å². The standard InChI is InChI=1S/C13H12N4O6S/c18-10-7-24-13(21)16(10)6-5-14-11(19)12(20)15-8-1-3-9(4-2-8)17(22)23/h1-4H,5-7H2,(H,14,19)(H,15,20). The Labute approximate surface area is 139 Å². The van der Waals surface area contributed by atoms with E-state index in [1.807, 2.05) is 0 Å². The van der Waals surface area contributed by atoms with E-state index in [0.29, 0.717) is 0 Å². The number of hydrogen-bond acceptors (Lipinski definition) is 7. The zero-order chi connectivity index (χ0) is 17.7. The fourth-order valence-electron chi connectivity index (χ4n) is 1.81. The fourth-order valence-corrected chi connectivity index (χ4v) is 2.56. The summed E-state index contributed by atoms with van der Waals surface area (Å²) in [6.45, 7) is -0.0637. The van der Waals surface area contributed by atoms with Gasteiger partial charge in [-0.25, -0.2) is 0 Å². The molecule has 11 heteroatoms. The molecule has 126 valence electrons. The molecule has 0 spiro atoms. The Hall–Kier alpha value is -2.95. The number of amides is 4. The van der Waals surface area contributed by atoms with Gasteiger partial charge in [-0.3, -0.25) is 34.2 Å². The third-order valence-electron chi connectivity index (χ3n) is 3.00. The second-order valence-electron chi connectivity index (χ2n) is 4.61. The van der Waals surface area contributed by atoms with Gasteiger partial charge in [0, 0.05) is 30.9 Å². The summed E-state index contributed by atoms with van der Waals surface area (Å²) >= 11 is 0.881. The summed E-state index contributed by atoms with van der Waals surface area (Å²) in [6, 6.07) is 4.97. The molecule has 24 heavy (non-hydrogen) atoms. The molecule has 0 aliphatic carbocycles. The summed E-state index contributed by atoms with van der Waals surface area (Å²) < 4.78 is 0. The summed E-state index contributed by atoms with van der Waals surface area (Å²) in [5, 5.41) is 14.7. The zero-order valence-electron chi connectivity index (χ0n) is 12.2. The predicted octanol–water partition coefficient (Wildman–Crippen LogP) is 0.345. The lowest BCUT2D eigenvalue weighted by molar-refractivity contribution is -0.384. The minimum absolute atomic E-state index is 0.0127. The molecule has 1 fully saturated rings.